The molecule has 1 fully saturated rings. The van der Waals surface area contributed by atoms with Crippen LogP contribution in [0.15, 0.2) is 24.3 Å². The Balaban J connectivity index is 1.64. The van der Waals surface area contributed by atoms with E-state index in [0.29, 0.717) is 50.4 Å². The molecular weight excluding hydrogens is 360 g/mol. The third-order valence-electron chi connectivity index (χ3n) is 5.47. The number of amides is 5. The van der Waals surface area contributed by atoms with Gasteiger partial charge in [-0.1, -0.05) is 12.1 Å². The van der Waals surface area contributed by atoms with Crippen LogP contribution in [0.25, 0.3) is 0 Å². The molecule has 3 rings (SSSR count). The Hall–Kier alpha value is -2.90. The smallest absolute Gasteiger partial charge is 0.320 e. The fourth-order valence-corrected chi connectivity index (χ4v) is 3.75. The van der Waals surface area contributed by atoms with Crippen molar-refractivity contribution in [3.8, 4) is 0 Å². The number of imide groups is 1. The maximum absolute atomic E-state index is 12.9. The van der Waals surface area contributed by atoms with Gasteiger partial charge in [-0.05, 0) is 32.9 Å². The monoisotopic (exact) mass is 386 g/mol. The van der Waals surface area contributed by atoms with Gasteiger partial charge in [-0.25, -0.2) is 4.79 Å². The van der Waals surface area contributed by atoms with Gasteiger partial charge < -0.3 is 14.7 Å². The molecule has 5 amide bonds. The number of piperazine rings is 1. The topological polar surface area (TPSA) is 81.2 Å². The molecule has 1 unspecified atom stereocenters. The number of carbonyl (C=O) groups excluding carboxylic acids is 4. The Morgan fingerprint density at radius 2 is 1.39 bits per heavy atom. The summed E-state index contributed by atoms with van der Waals surface area (Å²) in [6.07, 6.45) is 0. The Morgan fingerprint density at radius 3 is 1.86 bits per heavy atom. The Morgan fingerprint density at radius 1 is 0.929 bits per heavy atom. The van der Waals surface area contributed by atoms with Gasteiger partial charge in [0.25, 0.3) is 11.8 Å². The first-order valence-electron chi connectivity index (χ1n) is 9.70. The van der Waals surface area contributed by atoms with E-state index in [4.69, 9.17) is 0 Å². The highest BCUT2D eigenvalue weighted by molar-refractivity contribution is 6.22. The molecule has 2 aliphatic rings. The molecule has 1 saturated heterocycles. The molecule has 2 aliphatic heterocycles. The largest absolute Gasteiger partial charge is 0.337 e. The molecule has 2 heterocycles. The average molecular weight is 386 g/mol. The quantitative estimate of drug-likeness (QED) is 0.730. The number of rotatable bonds is 4. The van der Waals surface area contributed by atoms with Gasteiger partial charge in [-0.3, -0.25) is 19.3 Å². The van der Waals surface area contributed by atoms with Gasteiger partial charge in [0.05, 0.1) is 11.1 Å². The number of nitrogens with zero attached hydrogens (tertiary/aromatic N) is 4. The Labute approximate surface area is 164 Å². The number of urea groups is 1. The molecule has 1 atom stereocenters. The highest BCUT2D eigenvalue weighted by atomic mass is 16.2. The highest BCUT2D eigenvalue weighted by Crippen LogP contribution is 2.25. The van der Waals surface area contributed by atoms with E-state index in [9.17, 15) is 19.2 Å². The van der Waals surface area contributed by atoms with Crippen LogP contribution in [-0.4, -0.2) is 88.7 Å². The van der Waals surface area contributed by atoms with Crippen LogP contribution in [0.1, 0.15) is 41.5 Å². The van der Waals surface area contributed by atoms with Crippen molar-refractivity contribution >= 4 is 23.8 Å². The first kappa shape index (κ1) is 19.9. The fourth-order valence-electron chi connectivity index (χ4n) is 3.75. The standard InChI is InChI=1S/C20H26N4O4/c1-4-21(5-2)20(28)23-12-10-22(11-13-23)17(25)14(3)24-18(26)15-8-6-7-9-16(15)19(24)27/h6-9,14H,4-5,10-13H2,1-3H3. The summed E-state index contributed by atoms with van der Waals surface area (Å²) in [4.78, 5) is 56.7. The molecule has 0 radical (unpaired) electrons. The minimum atomic E-state index is -0.877. The van der Waals surface area contributed by atoms with Gasteiger partial charge >= 0.3 is 6.03 Å². The van der Waals surface area contributed by atoms with Crippen LogP contribution in [-0.2, 0) is 4.79 Å². The minimum absolute atomic E-state index is 0.0227. The van der Waals surface area contributed by atoms with E-state index in [2.05, 4.69) is 0 Å². The zero-order valence-electron chi connectivity index (χ0n) is 16.6. The fraction of sp³-hybridized carbons (Fsp3) is 0.500. The maximum atomic E-state index is 12.9. The molecule has 0 aromatic heterocycles. The van der Waals surface area contributed by atoms with E-state index in [-0.39, 0.29) is 11.9 Å². The number of benzene rings is 1. The van der Waals surface area contributed by atoms with Crippen molar-refractivity contribution in [2.75, 3.05) is 39.3 Å². The number of carbonyl (C=O) groups is 4. The number of hydrogen-bond donors (Lipinski definition) is 0. The van der Waals surface area contributed by atoms with Gasteiger partial charge in [0, 0.05) is 39.3 Å². The van der Waals surface area contributed by atoms with Crippen LogP contribution in [0.3, 0.4) is 0 Å². The zero-order valence-corrected chi connectivity index (χ0v) is 16.6. The molecule has 1 aromatic rings. The molecule has 0 saturated carbocycles. The molecule has 8 heteroatoms. The van der Waals surface area contributed by atoms with E-state index >= 15 is 0 Å². The zero-order chi connectivity index (χ0) is 20.4. The third-order valence-corrected chi connectivity index (χ3v) is 5.47. The molecule has 28 heavy (non-hydrogen) atoms. The Bertz CT molecular complexity index is 762. The molecule has 0 N–H and O–H groups in total. The predicted molar refractivity (Wildman–Crippen MR) is 103 cm³/mol. The van der Waals surface area contributed by atoms with Crippen molar-refractivity contribution in [3.05, 3.63) is 35.4 Å². The Kier molecular flexibility index (Phi) is 5.67. The van der Waals surface area contributed by atoms with Crippen LogP contribution in [0.4, 0.5) is 4.79 Å². The SMILES string of the molecule is CCN(CC)C(=O)N1CCN(C(=O)C(C)N2C(=O)c3ccccc3C2=O)CC1. The summed E-state index contributed by atoms with van der Waals surface area (Å²) < 4.78 is 0. The molecule has 1 aromatic carbocycles. The van der Waals surface area contributed by atoms with Crippen molar-refractivity contribution in [2.45, 2.75) is 26.8 Å². The predicted octanol–water partition coefficient (Wildman–Crippen LogP) is 1.28. The second-order valence-corrected chi connectivity index (χ2v) is 6.97. The number of fused-ring (bicyclic) bond motifs is 1. The van der Waals surface area contributed by atoms with E-state index in [1.165, 1.54) is 0 Å². The highest BCUT2D eigenvalue weighted by Gasteiger charge is 2.42. The van der Waals surface area contributed by atoms with E-state index in [1.807, 2.05) is 13.8 Å². The van der Waals surface area contributed by atoms with Crippen LogP contribution in [0, 0.1) is 0 Å². The number of hydrogen-bond acceptors (Lipinski definition) is 4. The molecular formula is C20H26N4O4. The van der Waals surface area contributed by atoms with Crippen molar-refractivity contribution in [1.82, 2.24) is 19.6 Å². The lowest BCUT2D eigenvalue weighted by Gasteiger charge is -2.38. The lowest BCUT2D eigenvalue weighted by atomic mass is 10.1. The normalized spacial score (nSPS) is 17.6. The minimum Gasteiger partial charge on any atom is -0.337 e. The average Bonchev–Trinajstić information content (AvgIpc) is 2.98. The summed E-state index contributed by atoms with van der Waals surface area (Å²) >= 11 is 0. The van der Waals surface area contributed by atoms with Gasteiger partial charge in [-0.2, -0.15) is 0 Å². The van der Waals surface area contributed by atoms with Crippen molar-refractivity contribution in [3.63, 3.8) is 0 Å². The second-order valence-electron chi connectivity index (χ2n) is 6.97. The summed E-state index contributed by atoms with van der Waals surface area (Å²) in [7, 11) is 0. The van der Waals surface area contributed by atoms with Crippen molar-refractivity contribution < 1.29 is 19.2 Å². The second kappa shape index (κ2) is 8.00. The van der Waals surface area contributed by atoms with Crippen LogP contribution >= 0.6 is 0 Å². The van der Waals surface area contributed by atoms with Gasteiger partial charge in [-0.15, -0.1) is 0 Å². The molecule has 0 bridgehead atoms. The van der Waals surface area contributed by atoms with Crippen molar-refractivity contribution in [2.24, 2.45) is 0 Å². The third kappa shape index (κ3) is 3.34. The summed E-state index contributed by atoms with van der Waals surface area (Å²) in [5.74, 6) is -1.14. The molecule has 150 valence electrons. The summed E-state index contributed by atoms with van der Waals surface area (Å²) in [6.45, 7) is 8.40. The van der Waals surface area contributed by atoms with E-state index in [0.717, 1.165) is 4.90 Å². The van der Waals surface area contributed by atoms with Crippen LogP contribution < -0.4 is 0 Å². The molecule has 0 spiro atoms. The molecule has 8 nitrogen and oxygen atoms in total. The summed E-state index contributed by atoms with van der Waals surface area (Å²) in [5, 5.41) is 0. The summed E-state index contributed by atoms with van der Waals surface area (Å²) in [6, 6.07) is 5.70. The van der Waals surface area contributed by atoms with Gasteiger partial charge in [0.15, 0.2) is 0 Å². The summed E-state index contributed by atoms with van der Waals surface area (Å²) in [5.41, 5.74) is 0.670. The van der Waals surface area contributed by atoms with Crippen LogP contribution in [0.5, 0.6) is 0 Å². The lowest BCUT2D eigenvalue weighted by Crippen LogP contribution is -2.57. The van der Waals surface area contributed by atoms with Gasteiger partial charge in [0.2, 0.25) is 5.91 Å². The maximum Gasteiger partial charge on any atom is 0.320 e. The van der Waals surface area contributed by atoms with E-state index < -0.39 is 17.9 Å². The lowest BCUT2D eigenvalue weighted by molar-refractivity contribution is -0.136. The first-order chi connectivity index (χ1) is 13.4. The first-order valence-corrected chi connectivity index (χ1v) is 9.70. The van der Waals surface area contributed by atoms with Crippen molar-refractivity contribution in [1.29, 1.82) is 0 Å². The van der Waals surface area contributed by atoms with Gasteiger partial charge in [0.1, 0.15) is 6.04 Å². The van der Waals surface area contributed by atoms with E-state index in [1.54, 1.807) is 45.9 Å². The molecule has 0 aliphatic carbocycles. The van der Waals surface area contributed by atoms with Crippen LogP contribution in [0.2, 0.25) is 0 Å².